The van der Waals surface area contributed by atoms with Gasteiger partial charge in [-0.15, -0.1) is 0 Å². The van der Waals surface area contributed by atoms with E-state index in [1.807, 2.05) is 0 Å². The van der Waals surface area contributed by atoms with Crippen LogP contribution in [0.5, 0.6) is 0 Å². The molecule has 1 aromatic rings. The zero-order valence-corrected chi connectivity index (χ0v) is 10.1. The van der Waals surface area contributed by atoms with E-state index < -0.39 is 24.1 Å². The molecule has 3 N–H and O–H groups in total. The number of ether oxygens (including phenoxy) is 1. The number of aromatic carboxylic acids is 1. The van der Waals surface area contributed by atoms with Gasteiger partial charge in [0.05, 0.1) is 12.7 Å². The SMILES string of the molecule is COC(=O)C(O)C(O)c1c(Cl)cccc1C(=O)O. The molecule has 0 radical (unpaired) electrons. The molecule has 98 valence electrons. The summed E-state index contributed by atoms with van der Waals surface area (Å²) in [6.07, 6.45) is -3.69. The predicted octanol–water partition coefficient (Wildman–Crippen LogP) is 0.606. The van der Waals surface area contributed by atoms with Crippen molar-refractivity contribution in [3.05, 3.63) is 34.3 Å². The average Bonchev–Trinajstić information content (AvgIpc) is 2.35. The van der Waals surface area contributed by atoms with Crippen LogP contribution in [-0.2, 0) is 9.53 Å². The summed E-state index contributed by atoms with van der Waals surface area (Å²) in [4.78, 5) is 22.1. The van der Waals surface area contributed by atoms with Gasteiger partial charge in [-0.3, -0.25) is 0 Å². The molecule has 2 unspecified atom stereocenters. The number of esters is 1. The lowest BCUT2D eigenvalue weighted by Crippen LogP contribution is -2.30. The molecule has 0 amide bonds. The van der Waals surface area contributed by atoms with Gasteiger partial charge in [-0.25, -0.2) is 9.59 Å². The fourth-order valence-corrected chi connectivity index (χ4v) is 1.72. The third-order valence-electron chi connectivity index (χ3n) is 2.32. The van der Waals surface area contributed by atoms with Crippen LogP contribution in [0.25, 0.3) is 0 Å². The van der Waals surface area contributed by atoms with Crippen molar-refractivity contribution in [2.24, 2.45) is 0 Å². The highest BCUT2D eigenvalue weighted by Crippen LogP contribution is 2.29. The van der Waals surface area contributed by atoms with Gasteiger partial charge in [0, 0.05) is 10.6 Å². The Bertz CT molecular complexity index is 473. The minimum absolute atomic E-state index is 0.0645. The maximum atomic E-state index is 11.1. The number of carboxylic acids is 1. The fourth-order valence-electron chi connectivity index (χ4n) is 1.43. The average molecular weight is 275 g/mol. The number of carboxylic acid groups (broad SMARTS) is 1. The van der Waals surface area contributed by atoms with Gasteiger partial charge in [0.25, 0.3) is 0 Å². The predicted molar refractivity (Wildman–Crippen MR) is 61.4 cm³/mol. The molecular weight excluding hydrogens is 264 g/mol. The van der Waals surface area contributed by atoms with Crippen molar-refractivity contribution in [1.29, 1.82) is 0 Å². The Hall–Kier alpha value is -1.63. The Labute approximate surface area is 107 Å². The highest BCUT2D eigenvalue weighted by atomic mass is 35.5. The molecular formula is C11H11ClO6. The Morgan fingerprint density at radius 2 is 1.94 bits per heavy atom. The molecule has 1 aromatic carbocycles. The summed E-state index contributed by atoms with van der Waals surface area (Å²) in [5.74, 6) is -2.41. The van der Waals surface area contributed by atoms with Gasteiger partial charge in [0.2, 0.25) is 0 Å². The molecule has 0 heterocycles. The number of halogens is 1. The number of hydrogen-bond acceptors (Lipinski definition) is 5. The molecule has 18 heavy (non-hydrogen) atoms. The lowest BCUT2D eigenvalue weighted by atomic mass is 9.98. The molecule has 0 aromatic heterocycles. The smallest absolute Gasteiger partial charge is 0.337 e. The summed E-state index contributed by atoms with van der Waals surface area (Å²) >= 11 is 5.77. The van der Waals surface area contributed by atoms with Crippen LogP contribution in [-0.4, -0.2) is 40.5 Å². The van der Waals surface area contributed by atoms with Crippen molar-refractivity contribution >= 4 is 23.5 Å². The van der Waals surface area contributed by atoms with Gasteiger partial charge in [-0.2, -0.15) is 0 Å². The molecule has 0 aliphatic carbocycles. The van der Waals surface area contributed by atoms with E-state index in [1.165, 1.54) is 18.2 Å². The van der Waals surface area contributed by atoms with Crippen LogP contribution in [0.4, 0.5) is 0 Å². The molecule has 0 bridgehead atoms. The zero-order valence-electron chi connectivity index (χ0n) is 9.33. The molecule has 6 nitrogen and oxygen atoms in total. The van der Waals surface area contributed by atoms with Crippen LogP contribution in [0.1, 0.15) is 22.0 Å². The Morgan fingerprint density at radius 3 is 2.44 bits per heavy atom. The number of rotatable bonds is 4. The van der Waals surface area contributed by atoms with Crippen LogP contribution in [0.2, 0.25) is 5.02 Å². The summed E-state index contributed by atoms with van der Waals surface area (Å²) in [5.41, 5.74) is -0.525. The van der Waals surface area contributed by atoms with Crippen molar-refractivity contribution in [3.8, 4) is 0 Å². The largest absolute Gasteiger partial charge is 0.478 e. The highest BCUT2D eigenvalue weighted by Gasteiger charge is 2.31. The van der Waals surface area contributed by atoms with Gasteiger partial charge < -0.3 is 20.1 Å². The fraction of sp³-hybridized carbons (Fsp3) is 0.273. The number of carbonyl (C=O) groups excluding carboxylic acids is 1. The summed E-state index contributed by atoms with van der Waals surface area (Å²) in [5, 5.41) is 28.2. The van der Waals surface area contributed by atoms with Gasteiger partial charge in [0.1, 0.15) is 6.10 Å². The number of aliphatic hydroxyl groups excluding tert-OH is 2. The van der Waals surface area contributed by atoms with E-state index in [0.717, 1.165) is 7.11 Å². The van der Waals surface area contributed by atoms with Crippen molar-refractivity contribution in [2.75, 3.05) is 7.11 Å². The van der Waals surface area contributed by atoms with Crippen LogP contribution in [0.15, 0.2) is 18.2 Å². The maximum Gasteiger partial charge on any atom is 0.337 e. The van der Waals surface area contributed by atoms with Crippen molar-refractivity contribution in [2.45, 2.75) is 12.2 Å². The van der Waals surface area contributed by atoms with Gasteiger partial charge in [-0.05, 0) is 12.1 Å². The first kappa shape index (κ1) is 14.4. The normalized spacial score (nSPS) is 13.8. The summed E-state index contributed by atoms with van der Waals surface area (Å²) in [6, 6.07) is 3.93. The van der Waals surface area contributed by atoms with Crippen LogP contribution in [0.3, 0.4) is 0 Å². The molecule has 0 aliphatic heterocycles. The quantitative estimate of drug-likeness (QED) is 0.695. The van der Waals surface area contributed by atoms with Gasteiger partial charge in [0.15, 0.2) is 6.10 Å². The highest BCUT2D eigenvalue weighted by molar-refractivity contribution is 6.32. The molecule has 0 aliphatic rings. The first-order chi connectivity index (χ1) is 8.40. The topological polar surface area (TPSA) is 104 Å². The minimum atomic E-state index is -1.91. The van der Waals surface area contributed by atoms with E-state index in [9.17, 15) is 19.8 Å². The van der Waals surface area contributed by atoms with E-state index in [4.69, 9.17) is 16.7 Å². The lowest BCUT2D eigenvalue weighted by Gasteiger charge is -2.18. The molecule has 0 saturated heterocycles. The molecule has 0 spiro atoms. The third kappa shape index (κ3) is 2.79. The zero-order chi connectivity index (χ0) is 13.9. The van der Waals surface area contributed by atoms with Gasteiger partial charge >= 0.3 is 11.9 Å². The molecule has 0 fully saturated rings. The Kier molecular flexibility index (Phi) is 4.66. The van der Waals surface area contributed by atoms with Crippen LogP contribution >= 0.6 is 11.6 Å². The van der Waals surface area contributed by atoms with E-state index in [2.05, 4.69) is 4.74 Å². The van der Waals surface area contributed by atoms with Crippen molar-refractivity contribution in [1.82, 2.24) is 0 Å². The van der Waals surface area contributed by atoms with E-state index in [-0.39, 0.29) is 16.1 Å². The summed E-state index contributed by atoms with van der Waals surface area (Å²) in [7, 11) is 1.03. The molecule has 1 rings (SSSR count). The Morgan fingerprint density at radius 1 is 1.33 bits per heavy atom. The van der Waals surface area contributed by atoms with Crippen molar-refractivity contribution < 1.29 is 29.6 Å². The first-order valence-electron chi connectivity index (χ1n) is 4.85. The number of aliphatic hydroxyl groups is 2. The second kappa shape index (κ2) is 5.81. The number of benzene rings is 1. The second-order valence-electron chi connectivity index (χ2n) is 3.42. The van der Waals surface area contributed by atoms with Crippen LogP contribution in [0, 0.1) is 0 Å². The Balaban J connectivity index is 3.23. The first-order valence-corrected chi connectivity index (χ1v) is 5.23. The van der Waals surface area contributed by atoms with Crippen LogP contribution < -0.4 is 0 Å². The maximum absolute atomic E-state index is 11.1. The summed E-state index contributed by atoms with van der Waals surface area (Å²) in [6.45, 7) is 0. The van der Waals surface area contributed by atoms with E-state index in [0.29, 0.717) is 0 Å². The number of carbonyl (C=O) groups is 2. The van der Waals surface area contributed by atoms with E-state index >= 15 is 0 Å². The molecule has 2 atom stereocenters. The monoisotopic (exact) mass is 274 g/mol. The standard InChI is InChI=1S/C11H11ClO6/c1-18-11(17)9(14)8(13)7-5(10(15)16)3-2-4-6(7)12/h2-4,8-9,13-14H,1H3,(H,15,16). The van der Waals surface area contributed by atoms with E-state index in [1.54, 1.807) is 0 Å². The second-order valence-corrected chi connectivity index (χ2v) is 3.83. The number of methoxy groups -OCH3 is 1. The van der Waals surface area contributed by atoms with Gasteiger partial charge in [-0.1, -0.05) is 17.7 Å². The minimum Gasteiger partial charge on any atom is -0.478 e. The summed E-state index contributed by atoms with van der Waals surface area (Å²) < 4.78 is 4.26. The third-order valence-corrected chi connectivity index (χ3v) is 2.65. The molecule has 0 saturated carbocycles. The molecule has 7 heteroatoms. The lowest BCUT2D eigenvalue weighted by molar-refractivity contribution is -0.156. The van der Waals surface area contributed by atoms with Crippen molar-refractivity contribution in [3.63, 3.8) is 0 Å². The number of hydrogen-bond donors (Lipinski definition) is 3.